The molecule has 118 valence electrons. The summed E-state index contributed by atoms with van der Waals surface area (Å²) in [5, 5.41) is 2.55. The SMILES string of the molecule is O=C(Nc1ccccc1F)[C@@H]1CC(=O)N(c2ccc(Br)cc2)C1. The van der Waals surface area contributed by atoms with Gasteiger partial charge >= 0.3 is 0 Å². The summed E-state index contributed by atoms with van der Waals surface area (Å²) in [4.78, 5) is 26.0. The van der Waals surface area contributed by atoms with Gasteiger partial charge in [-0.1, -0.05) is 28.1 Å². The summed E-state index contributed by atoms with van der Waals surface area (Å²) >= 11 is 3.34. The van der Waals surface area contributed by atoms with Gasteiger partial charge in [-0.3, -0.25) is 9.59 Å². The normalized spacial score (nSPS) is 17.4. The van der Waals surface area contributed by atoms with E-state index >= 15 is 0 Å². The number of amides is 2. The van der Waals surface area contributed by atoms with Crippen LogP contribution in [-0.2, 0) is 9.59 Å². The molecule has 0 unspecified atom stereocenters. The monoisotopic (exact) mass is 376 g/mol. The van der Waals surface area contributed by atoms with Crippen molar-refractivity contribution in [2.45, 2.75) is 6.42 Å². The van der Waals surface area contributed by atoms with Crippen molar-refractivity contribution >= 4 is 39.1 Å². The molecule has 0 spiro atoms. The maximum Gasteiger partial charge on any atom is 0.229 e. The topological polar surface area (TPSA) is 49.4 Å². The van der Waals surface area contributed by atoms with Crippen LogP contribution in [0.15, 0.2) is 53.0 Å². The highest BCUT2D eigenvalue weighted by molar-refractivity contribution is 9.10. The molecule has 0 aliphatic carbocycles. The van der Waals surface area contributed by atoms with E-state index in [4.69, 9.17) is 0 Å². The summed E-state index contributed by atoms with van der Waals surface area (Å²) in [6.45, 7) is 0.292. The average molecular weight is 377 g/mol. The second-order valence-corrected chi connectivity index (χ2v) is 6.27. The maximum absolute atomic E-state index is 13.6. The molecule has 3 rings (SSSR count). The first-order chi connectivity index (χ1) is 11.0. The number of hydrogen-bond donors (Lipinski definition) is 1. The Bertz CT molecular complexity index is 749. The molecule has 1 saturated heterocycles. The van der Waals surface area contributed by atoms with Crippen LogP contribution in [0.2, 0.25) is 0 Å². The van der Waals surface area contributed by atoms with Crippen LogP contribution in [0.5, 0.6) is 0 Å². The Labute approximate surface area is 141 Å². The maximum atomic E-state index is 13.6. The third-order valence-electron chi connectivity index (χ3n) is 3.77. The van der Waals surface area contributed by atoms with Gasteiger partial charge in [0.25, 0.3) is 0 Å². The number of carbonyl (C=O) groups is 2. The van der Waals surface area contributed by atoms with Crippen molar-refractivity contribution in [2.75, 3.05) is 16.8 Å². The highest BCUT2D eigenvalue weighted by atomic mass is 79.9. The van der Waals surface area contributed by atoms with Crippen molar-refractivity contribution in [3.8, 4) is 0 Å². The molecule has 2 aromatic carbocycles. The first-order valence-corrected chi connectivity index (χ1v) is 7.95. The molecule has 1 aliphatic heterocycles. The zero-order valence-electron chi connectivity index (χ0n) is 12.1. The molecule has 1 heterocycles. The number of carbonyl (C=O) groups excluding carboxylic acids is 2. The van der Waals surface area contributed by atoms with Gasteiger partial charge in [0.15, 0.2) is 0 Å². The van der Waals surface area contributed by atoms with E-state index in [2.05, 4.69) is 21.2 Å². The predicted molar refractivity (Wildman–Crippen MR) is 89.6 cm³/mol. The summed E-state index contributed by atoms with van der Waals surface area (Å²) in [7, 11) is 0. The number of nitrogens with one attached hydrogen (secondary N) is 1. The molecular formula is C17H14BrFN2O2. The second-order valence-electron chi connectivity index (χ2n) is 5.35. The lowest BCUT2D eigenvalue weighted by Crippen LogP contribution is -2.28. The standard InChI is InChI=1S/C17H14BrFN2O2/c18-12-5-7-13(8-6-12)21-10-11(9-16(21)22)17(23)20-15-4-2-1-3-14(15)19/h1-8,11H,9-10H2,(H,20,23)/t11-/m1/s1. The lowest BCUT2D eigenvalue weighted by Gasteiger charge is -2.17. The van der Waals surface area contributed by atoms with Gasteiger partial charge in [0.05, 0.1) is 11.6 Å². The Morgan fingerprint density at radius 2 is 1.87 bits per heavy atom. The highest BCUT2D eigenvalue weighted by Crippen LogP contribution is 2.27. The third kappa shape index (κ3) is 3.42. The van der Waals surface area contributed by atoms with Gasteiger partial charge in [0.1, 0.15) is 5.82 Å². The van der Waals surface area contributed by atoms with Gasteiger partial charge in [-0.25, -0.2) is 4.39 Å². The van der Waals surface area contributed by atoms with E-state index in [1.165, 1.54) is 12.1 Å². The molecule has 1 atom stereocenters. The zero-order valence-corrected chi connectivity index (χ0v) is 13.7. The van der Waals surface area contributed by atoms with Crippen LogP contribution in [-0.4, -0.2) is 18.4 Å². The third-order valence-corrected chi connectivity index (χ3v) is 4.29. The van der Waals surface area contributed by atoms with Crippen molar-refractivity contribution in [3.05, 3.63) is 58.8 Å². The zero-order chi connectivity index (χ0) is 16.4. The highest BCUT2D eigenvalue weighted by Gasteiger charge is 2.35. The minimum absolute atomic E-state index is 0.110. The van der Waals surface area contributed by atoms with Gasteiger partial charge in [-0.15, -0.1) is 0 Å². The Morgan fingerprint density at radius 1 is 1.17 bits per heavy atom. The van der Waals surface area contributed by atoms with E-state index < -0.39 is 11.7 Å². The quantitative estimate of drug-likeness (QED) is 0.889. The molecule has 23 heavy (non-hydrogen) atoms. The van der Waals surface area contributed by atoms with Gasteiger partial charge in [0.2, 0.25) is 11.8 Å². The number of rotatable bonds is 3. The largest absolute Gasteiger partial charge is 0.323 e. The Hall–Kier alpha value is -2.21. The number of halogens is 2. The molecule has 2 aromatic rings. The number of nitrogens with zero attached hydrogens (tertiary/aromatic N) is 1. The summed E-state index contributed by atoms with van der Waals surface area (Å²) in [5.74, 6) is -1.44. The minimum atomic E-state index is -0.495. The number of hydrogen-bond acceptors (Lipinski definition) is 2. The van der Waals surface area contributed by atoms with Crippen LogP contribution in [0.25, 0.3) is 0 Å². The molecule has 0 radical (unpaired) electrons. The molecule has 4 nitrogen and oxygen atoms in total. The fourth-order valence-corrected chi connectivity index (χ4v) is 2.82. The van der Waals surface area contributed by atoms with Crippen LogP contribution < -0.4 is 10.2 Å². The Morgan fingerprint density at radius 3 is 2.57 bits per heavy atom. The smallest absolute Gasteiger partial charge is 0.229 e. The first-order valence-electron chi connectivity index (χ1n) is 7.16. The summed E-state index contributed by atoms with van der Waals surface area (Å²) in [6, 6.07) is 13.3. The summed E-state index contributed by atoms with van der Waals surface area (Å²) < 4.78 is 14.5. The molecule has 1 aliphatic rings. The first kappa shape index (κ1) is 15.7. The van der Waals surface area contributed by atoms with Crippen LogP contribution in [0.4, 0.5) is 15.8 Å². The fraction of sp³-hybridized carbons (Fsp3) is 0.176. The second kappa shape index (κ2) is 6.50. The van der Waals surface area contributed by atoms with E-state index in [9.17, 15) is 14.0 Å². The van der Waals surface area contributed by atoms with Crippen molar-refractivity contribution in [1.82, 2.24) is 0 Å². The molecule has 1 fully saturated rings. The van der Waals surface area contributed by atoms with Gasteiger partial charge in [-0.2, -0.15) is 0 Å². The van der Waals surface area contributed by atoms with Crippen molar-refractivity contribution in [2.24, 2.45) is 5.92 Å². The van der Waals surface area contributed by atoms with Crippen LogP contribution in [0.1, 0.15) is 6.42 Å². The van der Waals surface area contributed by atoms with E-state index in [1.807, 2.05) is 24.3 Å². The lowest BCUT2D eigenvalue weighted by molar-refractivity contribution is -0.122. The number of para-hydroxylation sites is 1. The molecular weight excluding hydrogens is 363 g/mol. The molecule has 0 saturated carbocycles. The number of anilines is 2. The molecule has 0 bridgehead atoms. The van der Waals surface area contributed by atoms with Crippen molar-refractivity contribution < 1.29 is 14.0 Å². The fourth-order valence-electron chi connectivity index (χ4n) is 2.55. The van der Waals surface area contributed by atoms with Crippen LogP contribution in [0, 0.1) is 11.7 Å². The molecule has 1 N–H and O–H groups in total. The predicted octanol–water partition coefficient (Wildman–Crippen LogP) is 3.58. The van der Waals surface area contributed by atoms with Crippen molar-refractivity contribution in [3.63, 3.8) is 0 Å². The van der Waals surface area contributed by atoms with Gasteiger partial charge in [0, 0.05) is 23.1 Å². The Kier molecular flexibility index (Phi) is 4.43. The summed E-state index contributed by atoms with van der Waals surface area (Å²) in [6.07, 6.45) is 0.121. The lowest BCUT2D eigenvalue weighted by atomic mass is 10.1. The van der Waals surface area contributed by atoms with Crippen LogP contribution in [0.3, 0.4) is 0 Å². The van der Waals surface area contributed by atoms with E-state index in [-0.39, 0.29) is 23.9 Å². The molecule has 0 aromatic heterocycles. The average Bonchev–Trinajstić information content (AvgIpc) is 2.92. The summed E-state index contributed by atoms with van der Waals surface area (Å²) in [5.41, 5.74) is 0.881. The Balaban J connectivity index is 1.71. The van der Waals surface area contributed by atoms with Crippen molar-refractivity contribution in [1.29, 1.82) is 0 Å². The van der Waals surface area contributed by atoms with Gasteiger partial charge in [-0.05, 0) is 36.4 Å². The van der Waals surface area contributed by atoms with Gasteiger partial charge < -0.3 is 10.2 Å². The van der Waals surface area contributed by atoms with Crippen LogP contribution >= 0.6 is 15.9 Å². The van der Waals surface area contributed by atoms with E-state index in [1.54, 1.807) is 17.0 Å². The minimum Gasteiger partial charge on any atom is -0.323 e. The van der Waals surface area contributed by atoms with E-state index in [0.717, 1.165) is 10.2 Å². The molecule has 6 heteroatoms. The molecule has 2 amide bonds. The number of benzene rings is 2. The van der Waals surface area contributed by atoms with E-state index in [0.29, 0.717) is 6.54 Å².